The van der Waals surface area contributed by atoms with E-state index < -0.39 is 0 Å². The van der Waals surface area contributed by atoms with Gasteiger partial charge in [-0.2, -0.15) is 5.10 Å². The average molecular weight is 334 g/mol. The molecule has 126 valence electrons. The minimum absolute atomic E-state index is 0.0707. The number of benzene rings is 1. The van der Waals surface area contributed by atoms with Crippen LogP contribution in [0.3, 0.4) is 0 Å². The molecule has 6 nitrogen and oxygen atoms in total. The number of hydrogen-bond acceptors (Lipinski definition) is 4. The monoisotopic (exact) mass is 334 g/mol. The lowest BCUT2D eigenvalue weighted by Crippen LogP contribution is -2.29. The second kappa shape index (κ2) is 5.31. The summed E-state index contributed by atoms with van der Waals surface area (Å²) in [5, 5.41) is 8.41. The molecule has 1 saturated heterocycles. The van der Waals surface area contributed by atoms with Crippen LogP contribution >= 0.6 is 0 Å². The molecule has 2 aliphatic rings. The molecule has 0 N–H and O–H groups in total. The lowest BCUT2D eigenvalue weighted by Gasteiger charge is -2.15. The number of hydrogen-bond donors (Lipinski definition) is 0. The van der Waals surface area contributed by atoms with Gasteiger partial charge in [-0.1, -0.05) is 35.5 Å². The van der Waals surface area contributed by atoms with E-state index >= 15 is 0 Å². The Bertz CT molecular complexity index is 930. The van der Waals surface area contributed by atoms with Crippen molar-refractivity contribution in [3.05, 3.63) is 59.6 Å². The van der Waals surface area contributed by atoms with E-state index in [0.29, 0.717) is 24.1 Å². The topological polar surface area (TPSA) is 64.2 Å². The van der Waals surface area contributed by atoms with E-state index in [0.717, 1.165) is 24.2 Å². The van der Waals surface area contributed by atoms with E-state index in [9.17, 15) is 4.79 Å². The van der Waals surface area contributed by atoms with E-state index in [4.69, 9.17) is 9.62 Å². The van der Waals surface area contributed by atoms with Crippen molar-refractivity contribution in [1.29, 1.82) is 0 Å². The van der Waals surface area contributed by atoms with Gasteiger partial charge in [0.25, 0.3) is 5.91 Å². The lowest BCUT2D eigenvalue weighted by molar-refractivity contribution is 0.0743. The molecule has 0 spiro atoms. The van der Waals surface area contributed by atoms with Crippen LogP contribution in [0.15, 0.2) is 47.1 Å². The van der Waals surface area contributed by atoms with Crippen molar-refractivity contribution in [3.63, 3.8) is 0 Å². The fraction of sp³-hybridized carbons (Fsp3) is 0.316. The highest BCUT2D eigenvalue weighted by atomic mass is 16.5. The van der Waals surface area contributed by atoms with Gasteiger partial charge in [0.1, 0.15) is 0 Å². The Hall–Kier alpha value is -2.89. The summed E-state index contributed by atoms with van der Waals surface area (Å²) in [5.74, 6) is 1.03. The molecule has 2 aromatic heterocycles. The number of carbonyl (C=O) groups is 1. The van der Waals surface area contributed by atoms with E-state index in [1.165, 1.54) is 17.5 Å². The van der Waals surface area contributed by atoms with Crippen LogP contribution in [0.25, 0.3) is 11.3 Å². The zero-order valence-corrected chi connectivity index (χ0v) is 13.9. The highest BCUT2D eigenvalue weighted by molar-refractivity contribution is 5.91. The predicted molar refractivity (Wildman–Crippen MR) is 91.0 cm³/mol. The molecular formula is C19H18N4O2. The SMILES string of the molecule is Cn1nc(-c2ccccc2)c2c1C[C@H]1CN(C(=O)c3ccno3)C[C@@H]21. The molecule has 0 unspecified atom stereocenters. The van der Waals surface area contributed by atoms with Gasteiger partial charge >= 0.3 is 0 Å². The number of rotatable bonds is 2. The fourth-order valence-electron chi connectivity index (χ4n) is 4.32. The highest BCUT2D eigenvalue weighted by Crippen LogP contribution is 2.47. The fourth-order valence-corrected chi connectivity index (χ4v) is 4.32. The quantitative estimate of drug-likeness (QED) is 0.722. The minimum atomic E-state index is -0.0707. The third-order valence-electron chi connectivity index (χ3n) is 5.46. The molecule has 3 aromatic rings. The molecule has 5 rings (SSSR count). The zero-order valence-electron chi connectivity index (χ0n) is 13.9. The summed E-state index contributed by atoms with van der Waals surface area (Å²) in [6, 6.07) is 11.9. The maximum absolute atomic E-state index is 12.6. The summed E-state index contributed by atoms with van der Waals surface area (Å²) in [6.45, 7) is 1.47. The molecule has 0 radical (unpaired) electrons. The third kappa shape index (κ3) is 2.13. The van der Waals surface area contributed by atoms with Gasteiger partial charge in [-0.05, 0) is 12.3 Å². The molecule has 1 aliphatic carbocycles. The Labute approximate surface area is 145 Å². The van der Waals surface area contributed by atoms with E-state index in [1.54, 1.807) is 6.07 Å². The first kappa shape index (κ1) is 14.5. The first-order valence-electron chi connectivity index (χ1n) is 8.53. The van der Waals surface area contributed by atoms with Gasteiger partial charge in [0.15, 0.2) is 0 Å². The van der Waals surface area contributed by atoms with Crippen molar-refractivity contribution in [2.45, 2.75) is 12.3 Å². The maximum atomic E-state index is 12.6. The Kier molecular flexibility index (Phi) is 3.07. The number of amides is 1. The van der Waals surface area contributed by atoms with Crippen molar-refractivity contribution in [3.8, 4) is 11.3 Å². The summed E-state index contributed by atoms with van der Waals surface area (Å²) in [4.78, 5) is 14.5. The molecular weight excluding hydrogens is 316 g/mol. The van der Waals surface area contributed by atoms with Crippen LogP contribution in [-0.4, -0.2) is 38.8 Å². The first-order chi connectivity index (χ1) is 12.2. The van der Waals surface area contributed by atoms with Crippen LogP contribution in [0.5, 0.6) is 0 Å². The van der Waals surface area contributed by atoms with Crippen LogP contribution in [0, 0.1) is 5.92 Å². The van der Waals surface area contributed by atoms with Crippen molar-refractivity contribution in [2.75, 3.05) is 13.1 Å². The molecule has 0 bridgehead atoms. The number of aromatic nitrogens is 3. The lowest BCUT2D eigenvalue weighted by atomic mass is 9.94. The second-order valence-corrected chi connectivity index (χ2v) is 6.86. The van der Waals surface area contributed by atoms with Crippen LogP contribution in [0.4, 0.5) is 0 Å². The molecule has 2 atom stereocenters. The summed E-state index contributed by atoms with van der Waals surface area (Å²) < 4.78 is 7.05. The van der Waals surface area contributed by atoms with Crippen LogP contribution in [0.1, 0.15) is 27.7 Å². The van der Waals surface area contributed by atoms with E-state index in [-0.39, 0.29) is 5.91 Å². The van der Waals surface area contributed by atoms with Crippen molar-refractivity contribution >= 4 is 5.91 Å². The second-order valence-electron chi connectivity index (χ2n) is 6.86. The number of fused-ring (bicyclic) bond motifs is 3. The zero-order chi connectivity index (χ0) is 17.0. The number of nitrogens with zero attached hydrogens (tertiary/aromatic N) is 4. The van der Waals surface area contributed by atoms with E-state index in [1.807, 2.05) is 34.8 Å². The largest absolute Gasteiger partial charge is 0.351 e. The Balaban J connectivity index is 1.49. The highest BCUT2D eigenvalue weighted by Gasteiger charge is 2.45. The molecule has 3 heterocycles. The molecule has 1 amide bonds. The van der Waals surface area contributed by atoms with Crippen molar-refractivity contribution in [2.24, 2.45) is 13.0 Å². The van der Waals surface area contributed by atoms with Crippen LogP contribution < -0.4 is 0 Å². The molecule has 0 saturated carbocycles. The van der Waals surface area contributed by atoms with Crippen molar-refractivity contribution < 1.29 is 9.32 Å². The Morgan fingerprint density at radius 2 is 2.04 bits per heavy atom. The normalized spacial score (nSPS) is 21.4. The van der Waals surface area contributed by atoms with Gasteiger partial charge in [0, 0.05) is 48.9 Å². The Morgan fingerprint density at radius 1 is 1.20 bits per heavy atom. The van der Waals surface area contributed by atoms with Crippen LogP contribution in [0.2, 0.25) is 0 Å². The number of carbonyl (C=O) groups excluding carboxylic acids is 1. The summed E-state index contributed by atoms with van der Waals surface area (Å²) in [6.07, 6.45) is 2.48. The molecule has 25 heavy (non-hydrogen) atoms. The number of aryl methyl sites for hydroxylation is 1. The van der Waals surface area contributed by atoms with Gasteiger partial charge in [-0.3, -0.25) is 9.48 Å². The van der Waals surface area contributed by atoms with Gasteiger partial charge in [-0.15, -0.1) is 0 Å². The third-order valence-corrected chi connectivity index (χ3v) is 5.46. The number of likely N-dealkylation sites (tertiary alicyclic amines) is 1. The van der Waals surface area contributed by atoms with Crippen molar-refractivity contribution in [1.82, 2.24) is 19.8 Å². The predicted octanol–water partition coefficient (Wildman–Crippen LogP) is 2.49. The summed E-state index contributed by atoms with van der Waals surface area (Å²) >= 11 is 0. The van der Waals surface area contributed by atoms with Gasteiger partial charge in [0.05, 0.1) is 11.9 Å². The summed E-state index contributed by atoms with van der Waals surface area (Å²) in [7, 11) is 2.02. The van der Waals surface area contributed by atoms with Gasteiger partial charge < -0.3 is 9.42 Å². The molecule has 6 heteroatoms. The van der Waals surface area contributed by atoms with E-state index in [2.05, 4.69) is 17.3 Å². The first-order valence-corrected chi connectivity index (χ1v) is 8.53. The standard InChI is InChI=1S/C19H18N4O2/c1-22-15-9-13-10-23(19(24)16-7-8-20-25-16)11-14(13)17(15)18(21-22)12-5-3-2-4-6-12/h2-8,13-14H,9-11H2,1H3/t13-,14+/m0/s1. The summed E-state index contributed by atoms with van der Waals surface area (Å²) in [5.41, 5.74) is 4.81. The molecule has 1 fully saturated rings. The molecule has 1 aliphatic heterocycles. The van der Waals surface area contributed by atoms with Gasteiger partial charge in [0.2, 0.25) is 5.76 Å². The smallest absolute Gasteiger partial charge is 0.292 e. The molecule has 1 aromatic carbocycles. The average Bonchev–Trinajstić information content (AvgIpc) is 3.38. The van der Waals surface area contributed by atoms with Gasteiger partial charge in [-0.25, -0.2) is 0 Å². The minimum Gasteiger partial charge on any atom is -0.351 e. The maximum Gasteiger partial charge on any atom is 0.292 e. The van der Waals surface area contributed by atoms with Crippen LogP contribution in [-0.2, 0) is 13.5 Å². The Morgan fingerprint density at radius 3 is 2.80 bits per heavy atom.